The number of guanidine groups is 1. The van der Waals surface area contributed by atoms with Crippen LogP contribution in [0.5, 0.6) is 5.75 Å². The lowest BCUT2D eigenvalue weighted by atomic mass is 10.1. The summed E-state index contributed by atoms with van der Waals surface area (Å²) >= 11 is 0. The van der Waals surface area contributed by atoms with Gasteiger partial charge in [-0.1, -0.05) is 18.2 Å². The molecule has 0 bridgehead atoms. The molecule has 154 valence electrons. The van der Waals surface area contributed by atoms with Gasteiger partial charge in [0, 0.05) is 25.2 Å². The molecule has 8 heteroatoms. The van der Waals surface area contributed by atoms with E-state index in [1.807, 2.05) is 52.0 Å². The van der Waals surface area contributed by atoms with E-state index in [0.29, 0.717) is 32.0 Å². The topological polar surface area (TPSA) is 91.8 Å². The molecule has 0 aliphatic rings. The minimum atomic E-state index is -3.13. The molecule has 1 rings (SSSR count). The second-order valence-corrected chi connectivity index (χ2v) is 9.19. The van der Waals surface area contributed by atoms with Crippen molar-refractivity contribution in [2.45, 2.75) is 53.2 Å². The van der Waals surface area contributed by atoms with E-state index >= 15 is 0 Å². The molecule has 0 heterocycles. The lowest BCUT2D eigenvalue weighted by Gasteiger charge is -2.23. The predicted octanol–water partition coefficient (Wildman–Crippen LogP) is 2.25. The van der Waals surface area contributed by atoms with Crippen LogP contribution in [0.4, 0.5) is 0 Å². The van der Waals surface area contributed by atoms with Gasteiger partial charge in [-0.05, 0) is 47.1 Å². The van der Waals surface area contributed by atoms with Crippen LogP contribution >= 0.6 is 0 Å². The van der Waals surface area contributed by atoms with Crippen LogP contribution in [0.1, 0.15) is 46.6 Å². The van der Waals surface area contributed by atoms with Crippen molar-refractivity contribution in [1.29, 1.82) is 0 Å². The largest absolute Gasteiger partial charge is 0.488 e. The predicted molar refractivity (Wildman–Crippen MR) is 112 cm³/mol. The van der Waals surface area contributed by atoms with E-state index in [-0.39, 0.29) is 11.4 Å². The Balaban J connectivity index is 2.61. The number of nitrogens with one attached hydrogen (secondary N) is 3. The van der Waals surface area contributed by atoms with Gasteiger partial charge in [-0.3, -0.25) is 0 Å². The molecule has 0 aromatic heterocycles. The van der Waals surface area contributed by atoms with Gasteiger partial charge in [0.25, 0.3) is 0 Å². The molecule has 0 atom stereocenters. The van der Waals surface area contributed by atoms with Crippen LogP contribution in [0, 0.1) is 0 Å². The average molecular weight is 399 g/mol. The van der Waals surface area contributed by atoms with Crippen LogP contribution in [0.3, 0.4) is 0 Å². The van der Waals surface area contributed by atoms with Crippen LogP contribution < -0.4 is 20.1 Å². The number of nitrogens with zero attached hydrogens (tertiary/aromatic N) is 1. The van der Waals surface area contributed by atoms with Crippen LogP contribution in [0.15, 0.2) is 29.3 Å². The molecular formula is C19H34N4O3S. The summed E-state index contributed by atoms with van der Waals surface area (Å²) in [5.74, 6) is 1.63. The zero-order chi connectivity index (χ0) is 20.3. The van der Waals surface area contributed by atoms with Gasteiger partial charge < -0.3 is 15.4 Å². The molecule has 0 unspecified atom stereocenters. The first kappa shape index (κ1) is 23.2. The molecular weight excluding hydrogens is 364 g/mol. The highest BCUT2D eigenvalue weighted by atomic mass is 32.2. The van der Waals surface area contributed by atoms with Crippen molar-refractivity contribution in [2.24, 2.45) is 4.99 Å². The van der Waals surface area contributed by atoms with Crippen molar-refractivity contribution in [2.75, 3.05) is 25.4 Å². The highest BCUT2D eigenvalue weighted by Gasteiger charge is 2.14. The van der Waals surface area contributed by atoms with Gasteiger partial charge in [0.05, 0.1) is 12.3 Å². The van der Waals surface area contributed by atoms with Gasteiger partial charge >= 0.3 is 0 Å². The second kappa shape index (κ2) is 11.1. The van der Waals surface area contributed by atoms with Gasteiger partial charge in [-0.25, -0.2) is 18.1 Å². The second-order valence-electron chi connectivity index (χ2n) is 7.10. The van der Waals surface area contributed by atoms with E-state index < -0.39 is 10.0 Å². The van der Waals surface area contributed by atoms with Crippen molar-refractivity contribution in [3.63, 3.8) is 0 Å². The number of aliphatic imine (C=N–C) groups is 1. The lowest BCUT2D eigenvalue weighted by molar-refractivity contribution is 0.129. The number of hydrogen-bond donors (Lipinski definition) is 3. The normalized spacial score (nSPS) is 12.7. The minimum absolute atomic E-state index is 0.0978. The van der Waals surface area contributed by atoms with Gasteiger partial charge in [0.1, 0.15) is 11.4 Å². The summed E-state index contributed by atoms with van der Waals surface area (Å²) in [5, 5.41) is 6.42. The number of hydrogen-bond acceptors (Lipinski definition) is 4. The van der Waals surface area contributed by atoms with Gasteiger partial charge in [0.15, 0.2) is 5.96 Å². The standard InChI is InChI=1S/C19H34N4O3S/c1-6-20-18(21-13-10-14-23-27(24,25)7-2)22-15-16-11-8-9-12-17(16)26-19(3,4)5/h8-9,11-12,23H,6-7,10,13-15H2,1-5H3,(H2,20,21,22). The fraction of sp³-hybridized carbons (Fsp3) is 0.632. The molecule has 1 aromatic rings. The number of benzene rings is 1. The molecule has 0 spiro atoms. The van der Waals surface area contributed by atoms with E-state index in [9.17, 15) is 8.42 Å². The van der Waals surface area contributed by atoms with E-state index in [2.05, 4.69) is 20.3 Å². The summed E-state index contributed by atoms with van der Waals surface area (Å²) in [6, 6.07) is 7.89. The lowest BCUT2D eigenvalue weighted by Crippen LogP contribution is -2.38. The molecule has 27 heavy (non-hydrogen) atoms. The zero-order valence-corrected chi connectivity index (χ0v) is 17.9. The first-order valence-electron chi connectivity index (χ1n) is 9.43. The fourth-order valence-electron chi connectivity index (χ4n) is 2.19. The Labute approximate surface area is 164 Å². The van der Waals surface area contributed by atoms with Crippen LogP contribution in [-0.4, -0.2) is 45.4 Å². The molecule has 0 aliphatic carbocycles. The van der Waals surface area contributed by atoms with Crippen molar-refractivity contribution < 1.29 is 13.2 Å². The Kier molecular flexibility index (Phi) is 9.59. The Morgan fingerprint density at radius 1 is 1.11 bits per heavy atom. The summed E-state index contributed by atoms with van der Waals surface area (Å²) in [7, 11) is -3.13. The third-order valence-corrected chi connectivity index (χ3v) is 4.89. The SMILES string of the molecule is CCNC(=NCc1ccccc1OC(C)(C)C)NCCCNS(=O)(=O)CC. The van der Waals surface area contributed by atoms with Crippen molar-refractivity contribution in [3.8, 4) is 5.75 Å². The molecule has 7 nitrogen and oxygen atoms in total. The molecule has 1 aromatic carbocycles. The molecule has 0 fully saturated rings. The summed E-state index contributed by atoms with van der Waals surface area (Å²) in [6.07, 6.45) is 0.674. The van der Waals surface area contributed by atoms with Gasteiger partial charge in [-0.15, -0.1) is 0 Å². The molecule has 0 saturated heterocycles. The first-order chi connectivity index (χ1) is 12.7. The van der Waals surface area contributed by atoms with E-state index in [0.717, 1.165) is 17.9 Å². The Morgan fingerprint density at radius 3 is 2.44 bits per heavy atom. The molecule has 3 N–H and O–H groups in total. The Bertz CT molecular complexity index is 697. The molecule has 0 radical (unpaired) electrons. The maximum absolute atomic E-state index is 11.4. The van der Waals surface area contributed by atoms with Gasteiger partial charge in [-0.2, -0.15) is 0 Å². The summed E-state index contributed by atoms with van der Waals surface area (Å²) in [5.41, 5.74) is 0.745. The maximum Gasteiger partial charge on any atom is 0.211 e. The van der Waals surface area contributed by atoms with Crippen molar-refractivity contribution in [1.82, 2.24) is 15.4 Å². The molecule has 0 amide bonds. The number of sulfonamides is 1. The Hall–Kier alpha value is -1.80. The highest BCUT2D eigenvalue weighted by Crippen LogP contribution is 2.23. The molecule has 0 aliphatic heterocycles. The number of ether oxygens (including phenoxy) is 1. The fourth-order valence-corrected chi connectivity index (χ4v) is 2.85. The first-order valence-corrected chi connectivity index (χ1v) is 11.1. The van der Waals surface area contributed by atoms with Crippen molar-refractivity contribution >= 4 is 16.0 Å². The minimum Gasteiger partial charge on any atom is -0.488 e. The molecule has 0 saturated carbocycles. The van der Waals surface area contributed by atoms with Gasteiger partial charge in [0.2, 0.25) is 10.0 Å². The van der Waals surface area contributed by atoms with Crippen LogP contribution in [-0.2, 0) is 16.6 Å². The Morgan fingerprint density at radius 2 is 1.81 bits per heavy atom. The van der Waals surface area contributed by atoms with Crippen LogP contribution in [0.2, 0.25) is 0 Å². The summed E-state index contributed by atoms with van der Waals surface area (Å²) in [4.78, 5) is 4.61. The number of para-hydroxylation sites is 1. The third-order valence-electron chi connectivity index (χ3n) is 3.49. The van der Waals surface area contributed by atoms with E-state index in [1.165, 1.54) is 0 Å². The van der Waals surface area contributed by atoms with Crippen molar-refractivity contribution in [3.05, 3.63) is 29.8 Å². The van der Waals surface area contributed by atoms with E-state index in [4.69, 9.17) is 4.74 Å². The summed E-state index contributed by atoms with van der Waals surface area (Å²) in [6.45, 7) is 11.9. The highest BCUT2D eigenvalue weighted by molar-refractivity contribution is 7.89. The third kappa shape index (κ3) is 10.2. The van der Waals surface area contributed by atoms with Crippen LogP contribution in [0.25, 0.3) is 0 Å². The average Bonchev–Trinajstić information content (AvgIpc) is 2.59. The maximum atomic E-state index is 11.4. The van der Waals surface area contributed by atoms with E-state index in [1.54, 1.807) is 6.92 Å². The smallest absolute Gasteiger partial charge is 0.211 e. The number of rotatable bonds is 10. The quantitative estimate of drug-likeness (QED) is 0.319. The monoisotopic (exact) mass is 398 g/mol. The zero-order valence-electron chi connectivity index (χ0n) is 17.1. The summed E-state index contributed by atoms with van der Waals surface area (Å²) < 4.78 is 31.4.